The van der Waals surface area contributed by atoms with Gasteiger partial charge in [-0.1, -0.05) is 25.0 Å². The molecule has 134 valence electrons. The van der Waals surface area contributed by atoms with Gasteiger partial charge in [0.05, 0.1) is 19.5 Å². The zero-order chi connectivity index (χ0) is 17.1. The first kappa shape index (κ1) is 16.6. The first-order chi connectivity index (χ1) is 11.4. The van der Waals surface area contributed by atoms with Gasteiger partial charge in [0, 0.05) is 11.8 Å². The third-order valence-corrected chi connectivity index (χ3v) is 8.17. The summed E-state index contributed by atoms with van der Waals surface area (Å²) in [5.41, 5.74) is 1.53. The van der Waals surface area contributed by atoms with Crippen molar-refractivity contribution in [3.63, 3.8) is 0 Å². The van der Waals surface area contributed by atoms with Crippen LogP contribution in [0.25, 0.3) is 0 Å². The third-order valence-electron chi connectivity index (χ3n) is 8.17. The Kier molecular flexibility index (Phi) is 3.87. The molecule has 0 heterocycles. The normalized spacial score (nSPS) is 47.6. The Morgan fingerprint density at radius 1 is 1.33 bits per heavy atom. The summed E-state index contributed by atoms with van der Waals surface area (Å²) >= 11 is 0. The van der Waals surface area contributed by atoms with Crippen LogP contribution in [-0.2, 0) is 4.74 Å². The zero-order valence-corrected chi connectivity index (χ0v) is 15.3. The number of hydrogen-bond acceptors (Lipinski definition) is 2. The van der Waals surface area contributed by atoms with E-state index in [4.69, 9.17) is 4.74 Å². The molecule has 0 spiro atoms. The van der Waals surface area contributed by atoms with Crippen LogP contribution >= 0.6 is 0 Å². The van der Waals surface area contributed by atoms with E-state index < -0.39 is 5.67 Å². The van der Waals surface area contributed by atoms with Gasteiger partial charge >= 0.3 is 0 Å². The number of halogens is 1. The minimum absolute atomic E-state index is 0.306. The second-order valence-electron chi connectivity index (χ2n) is 8.97. The van der Waals surface area contributed by atoms with Crippen molar-refractivity contribution >= 4 is 0 Å². The van der Waals surface area contributed by atoms with Crippen molar-refractivity contribution in [2.24, 2.45) is 29.1 Å². The van der Waals surface area contributed by atoms with Crippen LogP contribution in [0.1, 0.15) is 58.8 Å². The van der Waals surface area contributed by atoms with Crippen molar-refractivity contribution in [3.8, 4) is 0 Å². The Bertz CT molecular complexity index is 595. The van der Waals surface area contributed by atoms with Gasteiger partial charge in [-0.3, -0.25) is 0 Å². The Morgan fingerprint density at radius 2 is 2.12 bits per heavy atom. The van der Waals surface area contributed by atoms with E-state index in [1.165, 1.54) is 0 Å². The van der Waals surface area contributed by atoms with Gasteiger partial charge in [0.25, 0.3) is 0 Å². The fourth-order valence-electron chi connectivity index (χ4n) is 6.80. The molecular weight excluding hydrogens is 303 g/mol. The lowest BCUT2D eigenvalue weighted by Gasteiger charge is -2.55. The number of aliphatic hydroxyl groups is 1. The standard InChI is InChI=1S/C21H31FO2/c1-13-10-14-11-15(24-3)4-5-16(14)17-6-8-20(2)18(19(13)17)7-9-21(20,22)12-23/h4,13,17-19,23H,5-12H2,1-3H3/t13-,17-,18-,19-,20+,21+/m1/s1. The molecule has 0 aromatic rings. The third kappa shape index (κ3) is 2.09. The Balaban J connectivity index is 1.66. The van der Waals surface area contributed by atoms with E-state index in [1.807, 2.05) is 0 Å². The predicted octanol–water partition coefficient (Wildman–Crippen LogP) is 4.79. The smallest absolute Gasteiger partial charge is 0.139 e. The molecule has 0 saturated heterocycles. The van der Waals surface area contributed by atoms with Crippen molar-refractivity contribution in [1.29, 1.82) is 0 Å². The van der Waals surface area contributed by atoms with Gasteiger partial charge in [0.2, 0.25) is 0 Å². The molecule has 2 fully saturated rings. The van der Waals surface area contributed by atoms with E-state index in [0.29, 0.717) is 30.1 Å². The van der Waals surface area contributed by atoms with Gasteiger partial charge in [-0.25, -0.2) is 4.39 Å². The van der Waals surface area contributed by atoms with E-state index in [0.717, 1.165) is 44.3 Å². The largest absolute Gasteiger partial charge is 0.501 e. The van der Waals surface area contributed by atoms with Crippen LogP contribution in [0.3, 0.4) is 0 Å². The van der Waals surface area contributed by atoms with Crippen molar-refractivity contribution in [2.45, 2.75) is 64.5 Å². The highest BCUT2D eigenvalue weighted by molar-refractivity contribution is 5.33. The summed E-state index contributed by atoms with van der Waals surface area (Å²) in [6.07, 6.45) is 8.88. The van der Waals surface area contributed by atoms with Crippen LogP contribution in [0.5, 0.6) is 0 Å². The first-order valence-corrected chi connectivity index (χ1v) is 9.67. The molecule has 4 aliphatic rings. The molecule has 0 radical (unpaired) electrons. The number of fused-ring (bicyclic) bond motifs is 4. The summed E-state index contributed by atoms with van der Waals surface area (Å²) in [6.45, 7) is 4.19. The number of alkyl halides is 1. The zero-order valence-electron chi connectivity index (χ0n) is 15.3. The number of rotatable bonds is 2. The number of hydrogen-bond donors (Lipinski definition) is 1. The van der Waals surface area contributed by atoms with Gasteiger partial charge < -0.3 is 9.84 Å². The van der Waals surface area contributed by atoms with Gasteiger partial charge in [0.15, 0.2) is 0 Å². The lowest BCUT2D eigenvalue weighted by molar-refractivity contribution is -0.0895. The Labute approximate surface area is 145 Å². The summed E-state index contributed by atoms with van der Waals surface area (Å²) in [6, 6.07) is 0. The maximum atomic E-state index is 15.4. The predicted molar refractivity (Wildman–Crippen MR) is 93.1 cm³/mol. The van der Waals surface area contributed by atoms with Gasteiger partial charge in [0.1, 0.15) is 5.67 Å². The monoisotopic (exact) mass is 334 g/mol. The fraction of sp³-hybridized carbons (Fsp3) is 0.810. The molecular formula is C21H31FO2. The second kappa shape index (κ2) is 5.59. The van der Waals surface area contributed by atoms with Crippen LogP contribution in [0.15, 0.2) is 23.0 Å². The second-order valence-corrected chi connectivity index (χ2v) is 8.97. The average molecular weight is 334 g/mol. The highest BCUT2D eigenvalue weighted by Crippen LogP contribution is 2.66. The van der Waals surface area contributed by atoms with E-state index in [1.54, 1.807) is 18.3 Å². The summed E-state index contributed by atoms with van der Waals surface area (Å²) in [4.78, 5) is 0. The van der Waals surface area contributed by atoms with Crippen molar-refractivity contribution < 1.29 is 14.2 Å². The molecule has 0 aromatic carbocycles. The summed E-state index contributed by atoms with van der Waals surface area (Å²) in [7, 11) is 1.77. The van der Waals surface area contributed by atoms with Gasteiger partial charge in [-0.2, -0.15) is 0 Å². The van der Waals surface area contributed by atoms with E-state index >= 15 is 4.39 Å². The molecule has 0 unspecified atom stereocenters. The number of methoxy groups -OCH3 is 1. The maximum absolute atomic E-state index is 15.4. The molecule has 3 heteroatoms. The van der Waals surface area contributed by atoms with Crippen molar-refractivity contribution in [1.82, 2.24) is 0 Å². The van der Waals surface area contributed by atoms with Gasteiger partial charge in [-0.15, -0.1) is 0 Å². The highest BCUT2D eigenvalue weighted by Gasteiger charge is 2.63. The molecule has 0 amide bonds. The van der Waals surface area contributed by atoms with Crippen molar-refractivity contribution in [3.05, 3.63) is 23.0 Å². The minimum Gasteiger partial charge on any atom is -0.501 e. The molecule has 0 aromatic heterocycles. The molecule has 2 saturated carbocycles. The molecule has 6 atom stereocenters. The van der Waals surface area contributed by atoms with Crippen LogP contribution in [0.2, 0.25) is 0 Å². The summed E-state index contributed by atoms with van der Waals surface area (Å²) in [5.74, 6) is 3.35. The highest BCUT2D eigenvalue weighted by atomic mass is 19.1. The number of ether oxygens (including phenoxy) is 1. The lowest BCUT2D eigenvalue weighted by Crippen LogP contribution is -2.52. The SMILES string of the molecule is COC1=CCC2=C(C1)C[C@@H](C)[C@@H]1[C@@H]2CC[C@@]2(C)[C@@H]1CC[C@]2(F)CO. The Hall–Kier alpha value is -0.830. The van der Waals surface area contributed by atoms with Crippen molar-refractivity contribution in [2.75, 3.05) is 13.7 Å². The molecule has 0 aliphatic heterocycles. The number of aliphatic hydroxyl groups excluding tert-OH is 1. The topological polar surface area (TPSA) is 29.5 Å². The van der Waals surface area contributed by atoms with Crippen LogP contribution in [0, 0.1) is 29.1 Å². The summed E-state index contributed by atoms with van der Waals surface area (Å²) < 4.78 is 20.9. The average Bonchev–Trinajstić information content (AvgIpc) is 2.86. The maximum Gasteiger partial charge on any atom is 0.139 e. The molecule has 2 nitrogen and oxygen atoms in total. The van der Waals surface area contributed by atoms with Crippen LogP contribution in [-0.4, -0.2) is 24.5 Å². The van der Waals surface area contributed by atoms with Crippen LogP contribution in [0.4, 0.5) is 4.39 Å². The Morgan fingerprint density at radius 3 is 2.83 bits per heavy atom. The lowest BCUT2D eigenvalue weighted by atomic mass is 9.50. The molecule has 0 bridgehead atoms. The number of allylic oxidation sites excluding steroid dienone is 3. The molecule has 1 N–H and O–H groups in total. The van der Waals surface area contributed by atoms with E-state index in [2.05, 4.69) is 19.9 Å². The van der Waals surface area contributed by atoms with Crippen LogP contribution < -0.4 is 0 Å². The van der Waals surface area contributed by atoms with Gasteiger partial charge in [-0.05, 0) is 68.3 Å². The molecule has 24 heavy (non-hydrogen) atoms. The first-order valence-electron chi connectivity index (χ1n) is 9.67. The minimum atomic E-state index is -1.37. The van der Waals surface area contributed by atoms with E-state index in [9.17, 15) is 5.11 Å². The fourth-order valence-corrected chi connectivity index (χ4v) is 6.80. The quantitative estimate of drug-likeness (QED) is 0.736. The summed E-state index contributed by atoms with van der Waals surface area (Å²) in [5, 5.41) is 9.73. The molecule has 4 rings (SSSR count). The van der Waals surface area contributed by atoms with E-state index in [-0.39, 0.29) is 12.0 Å². The molecule has 4 aliphatic carbocycles.